The zero-order valence-electron chi connectivity index (χ0n) is 11.0. The van der Waals surface area contributed by atoms with Crippen LogP contribution < -0.4 is 5.32 Å². The van der Waals surface area contributed by atoms with Gasteiger partial charge in [-0.25, -0.2) is 4.98 Å². The predicted molar refractivity (Wildman–Crippen MR) is 80.8 cm³/mol. The zero-order valence-corrected chi connectivity index (χ0v) is 12.5. The molecule has 2 aromatic rings. The Hall–Kier alpha value is -1.65. The van der Waals surface area contributed by atoms with Crippen LogP contribution in [0, 0.1) is 6.92 Å². The van der Waals surface area contributed by atoms with E-state index in [9.17, 15) is 10.2 Å². The second-order valence-electron chi connectivity index (χ2n) is 4.58. The highest BCUT2D eigenvalue weighted by Gasteiger charge is 2.13. The maximum Gasteiger partial charge on any atom is 0.154 e. The largest absolute Gasteiger partial charge is 0.508 e. The number of halogens is 2. The number of hydrogen-bond donors (Lipinski definition) is 3. The molecule has 0 spiro atoms. The fourth-order valence-corrected chi connectivity index (χ4v) is 2.52. The summed E-state index contributed by atoms with van der Waals surface area (Å²) in [6.07, 6.45) is 0. The highest BCUT2D eigenvalue weighted by molar-refractivity contribution is 6.34. The quantitative estimate of drug-likeness (QED) is 0.740. The van der Waals surface area contributed by atoms with E-state index in [1.807, 2.05) is 13.8 Å². The second-order valence-corrected chi connectivity index (χ2v) is 5.32. The Labute approximate surface area is 127 Å². The van der Waals surface area contributed by atoms with Gasteiger partial charge in [-0.05, 0) is 43.2 Å². The van der Waals surface area contributed by atoms with E-state index < -0.39 is 0 Å². The minimum Gasteiger partial charge on any atom is -0.508 e. The van der Waals surface area contributed by atoms with E-state index in [2.05, 4.69) is 10.3 Å². The van der Waals surface area contributed by atoms with Gasteiger partial charge in [-0.3, -0.25) is 0 Å². The Morgan fingerprint density at radius 2 is 1.70 bits per heavy atom. The highest BCUT2D eigenvalue weighted by Crippen LogP contribution is 2.32. The van der Waals surface area contributed by atoms with Gasteiger partial charge in [0, 0.05) is 12.1 Å². The molecule has 20 heavy (non-hydrogen) atoms. The molecule has 0 fully saturated rings. The molecule has 1 unspecified atom stereocenters. The average molecular weight is 313 g/mol. The molecular formula is C14H14Cl2N2O2. The van der Waals surface area contributed by atoms with Crippen molar-refractivity contribution in [1.82, 2.24) is 4.98 Å². The molecule has 2 rings (SSSR count). The van der Waals surface area contributed by atoms with Crippen molar-refractivity contribution in [3.05, 3.63) is 45.7 Å². The summed E-state index contributed by atoms with van der Waals surface area (Å²) in [5, 5.41) is 22.8. The summed E-state index contributed by atoms with van der Waals surface area (Å²) in [7, 11) is 0. The first kappa shape index (κ1) is 14.8. The topological polar surface area (TPSA) is 65.4 Å². The second kappa shape index (κ2) is 5.77. The van der Waals surface area contributed by atoms with Crippen LogP contribution in [0.3, 0.4) is 0 Å². The molecule has 0 aliphatic carbocycles. The lowest BCUT2D eigenvalue weighted by Gasteiger charge is -2.18. The molecule has 0 saturated heterocycles. The first-order valence-corrected chi connectivity index (χ1v) is 6.74. The minimum atomic E-state index is -0.174. The first-order valence-electron chi connectivity index (χ1n) is 5.99. The molecule has 0 amide bonds. The van der Waals surface area contributed by atoms with E-state index in [-0.39, 0.29) is 22.7 Å². The molecular weight excluding hydrogens is 299 g/mol. The summed E-state index contributed by atoms with van der Waals surface area (Å²) < 4.78 is 0. The number of nitrogens with zero attached hydrogens (tertiary/aromatic N) is 1. The number of aromatic nitrogens is 1. The summed E-state index contributed by atoms with van der Waals surface area (Å²) in [5.41, 5.74) is 2.27. The monoisotopic (exact) mass is 312 g/mol. The Kier molecular flexibility index (Phi) is 4.26. The van der Waals surface area contributed by atoms with E-state index in [0.717, 1.165) is 11.1 Å². The van der Waals surface area contributed by atoms with Gasteiger partial charge in [0.1, 0.15) is 16.7 Å². The lowest BCUT2D eigenvalue weighted by molar-refractivity contribution is 0.448. The van der Waals surface area contributed by atoms with Crippen molar-refractivity contribution in [1.29, 1.82) is 0 Å². The molecule has 106 valence electrons. The molecule has 0 saturated carbocycles. The maximum absolute atomic E-state index is 9.51. The lowest BCUT2D eigenvalue weighted by atomic mass is 10.1. The fourth-order valence-electron chi connectivity index (χ4n) is 1.94. The van der Waals surface area contributed by atoms with Crippen LogP contribution in [0.15, 0.2) is 24.3 Å². The highest BCUT2D eigenvalue weighted by atomic mass is 35.5. The summed E-state index contributed by atoms with van der Waals surface area (Å²) in [4.78, 5) is 3.99. The van der Waals surface area contributed by atoms with E-state index in [4.69, 9.17) is 23.2 Å². The Balaban J connectivity index is 2.30. The predicted octanol–water partition coefficient (Wildman–Crippen LogP) is 4.28. The van der Waals surface area contributed by atoms with Crippen LogP contribution in [-0.2, 0) is 0 Å². The van der Waals surface area contributed by atoms with E-state index >= 15 is 0 Å². The third kappa shape index (κ3) is 3.26. The van der Waals surface area contributed by atoms with Crippen molar-refractivity contribution in [3.8, 4) is 11.5 Å². The number of benzene rings is 1. The number of aryl methyl sites for hydroxylation is 1. The third-order valence-corrected chi connectivity index (χ3v) is 3.39. The molecule has 1 heterocycles. The summed E-state index contributed by atoms with van der Waals surface area (Å²) >= 11 is 11.9. The summed E-state index contributed by atoms with van der Waals surface area (Å²) in [6.45, 7) is 3.76. The van der Waals surface area contributed by atoms with Crippen LogP contribution in [0.25, 0.3) is 0 Å². The number of nitrogens with one attached hydrogen (secondary N) is 1. The van der Waals surface area contributed by atoms with Crippen LogP contribution >= 0.6 is 23.2 Å². The van der Waals surface area contributed by atoms with Crippen molar-refractivity contribution in [3.63, 3.8) is 0 Å². The minimum absolute atomic E-state index is 0.00528. The molecule has 0 bridgehead atoms. The molecule has 4 nitrogen and oxygen atoms in total. The lowest BCUT2D eigenvalue weighted by Crippen LogP contribution is -2.08. The Morgan fingerprint density at radius 3 is 2.25 bits per heavy atom. The van der Waals surface area contributed by atoms with Gasteiger partial charge >= 0.3 is 0 Å². The first-order chi connectivity index (χ1) is 9.36. The van der Waals surface area contributed by atoms with Crippen molar-refractivity contribution in [2.75, 3.05) is 5.32 Å². The molecule has 0 aliphatic heterocycles. The number of phenolic OH excluding ortho intramolecular Hbond substituents is 2. The number of rotatable bonds is 3. The molecule has 0 radical (unpaired) electrons. The van der Waals surface area contributed by atoms with Gasteiger partial charge < -0.3 is 15.5 Å². The van der Waals surface area contributed by atoms with Gasteiger partial charge in [0.2, 0.25) is 0 Å². The van der Waals surface area contributed by atoms with Crippen LogP contribution in [0.5, 0.6) is 11.5 Å². The molecule has 1 aromatic heterocycles. The maximum atomic E-state index is 9.51. The Bertz CT molecular complexity index is 604. The van der Waals surface area contributed by atoms with E-state index in [1.165, 1.54) is 6.07 Å². The van der Waals surface area contributed by atoms with Gasteiger partial charge in [-0.1, -0.05) is 23.2 Å². The zero-order chi connectivity index (χ0) is 14.9. The van der Waals surface area contributed by atoms with Crippen LogP contribution in [0.2, 0.25) is 10.3 Å². The van der Waals surface area contributed by atoms with Gasteiger partial charge in [0.25, 0.3) is 0 Å². The van der Waals surface area contributed by atoms with Crippen molar-refractivity contribution < 1.29 is 10.2 Å². The SMILES string of the molecule is Cc1cc(Cl)nc(Cl)c1NC(C)c1cc(O)cc(O)c1. The van der Waals surface area contributed by atoms with Gasteiger partial charge in [0.05, 0.1) is 5.69 Å². The van der Waals surface area contributed by atoms with Crippen LogP contribution in [0.1, 0.15) is 24.1 Å². The summed E-state index contributed by atoms with van der Waals surface area (Å²) in [6, 6.07) is 5.96. The average Bonchev–Trinajstić information content (AvgIpc) is 2.32. The molecule has 1 aromatic carbocycles. The molecule has 3 N–H and O–H groups in total. The van der Waals surface area contributed by atoms with Crippen LogP contribution in [0.4, 0.5) is 5.69 Å². The standard InChI is InChI=1S/C14H14Cl2N2O2/c1-7-3-12(15)18-14(16)13(7)17-8(2)9-4-10(19)6-11(20)5-9/h3-6,8,17,19-20H,1-2H3. The van der Waals surface area contributed by atoms with Crippen LogP contribution in [-0.4, -0.2) is 15.2 Å². The van der Waals surface area contributed by atoms with Gasteiger partial charge in [-0.15, -0.1) is 0 Å². The Morgan fingerprint density at radius 1 is 1.10 bits per heavy atom. The molecule has 1 atom stereocenters. The van der Waals surface area contributed by atoms with Crippen molar-refractivity contribution >= 4 is 28.9 Å². The molecule has 0 aliphatic rings. The normalized spacial score (nSPS) is 12.2. The molecule has 6 heteroatoms. The summed E-state index contributed by atoms with van der Waals surface area (Å²) in [5.74, 6) is 0.0106. The van der Waals surface area contributed by atoms with Crippen molar-refractivity contribution in [2.45, 2.75) is 19.9 Å². The van der Waals surface area contributed by atoms with E-state index in [0.29, 0.717) is 10.8 Å². The number of hydrogen-bond acceptors (Lipinski definition) is 4. The van der Waals surface area contributed by atoms with E-state index in [1.54, 1.807) is 18.2 Å². The third-order valence-electron chi connectivity index (χ3n) is 2.93. The number of phenols is 2. The van der Waals surface area contributed by atoms with Crippen molar-refractivity contribution in [2.24, 2.45) is 0 Å². The van der Waals surface area contributed by atoms with Gasteiger partial charge in [0.15, 0.2) is 5.15 Å². The van der Waals surface area contributed by atoms with Gasteiger partial charge in [-0.2, -0.15) is 0 Å². The number of pyridine rings is 1. The number of anilines is 1. The fraction of sp³-hybridized carbons (Fsp3) is 0.214. The smallest absolute Gasteiger partial charge is 0.154 e. The number of aromatic hydroxyl groups is 2.